The molecule has 0 fully saturated rings. The van der Waals surface area contributed by atoms with E-state index in [9.17, 15) is 4.79 Å². The van der Waals surface area contributed by atoms with Gasteiger partial charge in [-0.05, 0) is 32.0 Å². The highest BCUT2D eigenvalue weighted by Crippen LogP contribution is 2.20. The number of nitrogen functional groups attached to an aromatic ring is 1. The summed E-state index contributed by atoms with van der Waals surface area (Å²) in [7, 11) is 0. The second kappa shape index (κ2) is 3.94. The van der Waals surface area contributed by atoms with Crippen LogP contribution in [0.2, 0.25) is 0 Å². The molecule has 0 atom stereocenters. The monoisotopic (exact) mass is 256 g/mol. The van der Waals surface area contributed by atoms with Crippen molar-refractivity contribution in [3.05, 3.63) is 41.9 Å². The lowest BCUT2D eigenvalue weighted by Gasteiger charge is -2.02. The van der Waals surface area contributed by atoms with Crippen molar-refractivity contribution in [2.24, 2.45) is 0 Å². The van der Waals surface area contributed by atoms with Gasteiger partial charge in [0.25, 0.3) is 5.89 Å². The third kappa shape index (κ3) is 1.77. The van der Waals surface area contributed by atoms with Crippen molar-refractivity contribution in [2.75, 3.05) is 5.73 Å². The fourth-order valence-electron chi connectivity index (χ4n) is 2.02. The van der Waals surface area contributed by atoms with Crippen molar-refractivity contribution in [3.63, 3.8) is 0 Å². The van der Waals surface area contributed by atoms with Crippen molar-refractivity contribution < 1.29 is 9.21 Å². The first-order valence-corrected chi connectivity index (χ1v) is 5.78. The van der Waals surface area contributed by atoms with Crippen LogP contribution in [0.1, 0.15) is 22.3 Å². The molecule has 3 rings (SSSR count). The number of carbonyl (C=O) groups excluding carboxylic acids is 1. The molecule has 1 aromatic carbocycles. The Morgan fingerprint density at radius 1 is 1.37 bits per heavy atom. The molecule has 3 aromatic rings. The summed E-state index contributed by atoms with van der Waals surface area (Å²) in [5, 5.41) is 0. The number of hydrogen-bond acceptors (Lipinski definition) is 5. The number of imidazole rings is 1. The molecular formula is C13H12N4O2. The third-order valence-corrected chi connectivity index (χ3v) is 2.85. The first-order chi connectivity index (χ1) is 9.06. The smallest absolute Gasteiger partial charge is 0.319 e. The topological polar surface area (TPSA) is 86.9 Å². The maximum atomic E-state index is 12.4. The van der Waals surface area contributed by atoms with E-state index in [1.54, 1.807) is 32.0 Å². The van der Waals surface area contributed by atoms with E-state index in [1.165, 1.54) is 10.8 Å². The average Bonchev–Trinajstić information content (AvgIpc) is 2.91. The van der Waals surface area contributed by atoms with E-state index >= 15 is 0 Å². The molecule has 2 heterocycles. The lowest BCUT2D eigenvalue weighted by Crippen LogP contribution is -2.13. The molecule has 0 bridgehead atoms. The molecule has 0 unspecified atom stereocenters. The average molecular weight is 256 g/mol. The number of aromatic nitrogens is 3. The minimum absolute atomic E-state index is 0.0525. The second-order valence-electron chi connectivity index (χ2n) is 4.32. The second-order valence-corrected chi connectivity index (χ2v) is 4.32. The van der Waals surface area contributed by atoms with Gasteiger partial charge in [0, 0.05) is 5.69 Å². The van der Waals surface area contributed by atoms with Gasteiger partial charge < -0.3 is 10.2 Å². The molecule has 0 saturated carbocycles. The highest BCUT2D eigenvalue weighted by Gasteiger charge is 2.20. The van der Waals surface area contributed by atoms with Gasteiger partial charge in [-0.3, -0.25) is 9.36 Å². The lowest BCUT2D eigenvalue weighted by molar-refractivity contribution is 0.0926. The van der Waals surface area contributed by atoms with E-state index in [0.29, 0.717) is 28.3 Å². The van der Waals surface area contributed by atoms with Crippen LogP contribution >= 0.6 is 0 Å². The zero-order valence-electron chi connectivity index (χ0n) is 10.5. The Hall–Kier alpha value is -2.63. The number of benzene rings is 1. The van der Waals surface area contributed by atoms with Gasteiger partial charge in [-0.1, -0.05) is 0 Å². The van der Waals surface area contributed by atoms with E-state index in [2.05, 4.69) is 9.97 Å². The molecular weight excluding hydrogens is 244 g/mol. The van der Waals surface area contributed by atoms with Gasteiger partial charge in [0.2, 0.25) is 0 Å². The van der Waals surface area contributed by atoms with Gasteiger partial charge in [-0.2, -0.15) is 0 Å². The van der Waals surface area contributed by atoms with Gasteiger partial charge in [-0.25, -0.2) is 9.97 Å². The van der Waals surface area contributed by atoms with Crippen LogP contribution in [-0.4, -0.2) is 20.4 Å². The number of fused-ring (bicyclic) bond motifs is 1. The third-order valence-electron chi connectivity index (χ3n) is 2.85. The molecule has 6 heteroatoms. The molecule has 0 amide bonds. The molecule has 96 valence electrons. The first-order valence-electron chi connectivity index (χ1n) is 5.78. The predicted octanol–water partition coefficient (Wildman–Crippen LogP) is 1.91. The van der Waals surface area contributed by atoms with Crippen molar-refractivity contribution in [2.45, 2.75) is 13.8 Å². The first kappa shape index (κ1) is 11.5. The Morgan fingerprint density at radius 2 is 2.16 bits per heavy atom. The summed E-state index contributed by atoms with van der Waals surface area (Å²) in [5.41, 5.74) is 7.68. The quantitative estimate of drug-likeness (QED) is 0.672. The largest absolute Gasteiger partial charge is 0.438 e. The minimum atomic E-state index is -0.335. The Morgan fingerprint density at radius 3 is 2.84 bits per heavy atom. The maximum absolute atomic E-state index is 12.4. The maximum Gasteiger partial charge on any atom is 0.319 e. The number of nitrogens with two attached hydrogens (primary N) is 1. The molecule has 0 saturated heterocycles. The number of carbonyl (C=O) groups is 1. The fourth-order valence-corrected chi connectivity index (χ4v) is 2.02. The van der Waals surface area contributed by atoms with Gasteiger partial charge in [0.15, 0.2) is 0 Å². The zero-order chi connectivity index (χ0) is 13.6. The number of oxazole rings is 1. The van der Waals surface area contributed by atoms with E-state index in [0.717, 1.165) is 0 Å². The van der Waals surface area contributed by atoms with Crippen LogP contribution in [0.4, 0.5) is 5.69 Å². The molecule has 19 heavy (non-hydrogen) atoms. The van der Waals surface area contributed by atoms with E-state index in [4.69, 9.17) is 10.2 Å². The van der Waals surface area contributed by atoms with E-state index in [1.807, 2.05) is 0 Å². The van der Waals surface area contributed by atoms with Crippen molar-refractivity contribution in [1.29, 1.82) is 0 Å². The molecule has 2 N–H and O–H groups in total. The standard InChI is InChI=1S/C13H12N4O2/c1-7-6-15-12(19-7)13(18)17-8(2)16-10-5-9(14)3-4-11(10)17/h3-6H,14H2,1-2H3. The molecule has 0 aliphatic rings. The number of rotatable bonds is 1. The van der Waals surface area contributed by atoms with Crippen molar-refractivity contribution >= 4 is 22.6 Å². The summed E-state index contributed by atoms with van der Waals surface area (Å²) in [6.07, 6.45) is 1.51. The lowest BCUT2D eigenvalue weighted by atomic mass is 10.3. The molecule has 0 aliphatic heterocycles. The van der Waals surface area contributed by atoms with Crippen LogP contribution in [0.3, 0.4) is 0 Å². The van der Waals surface area contributed by atoms with Crippen LogP contribution in [0.25, 0.3) is 11.0 Å². The number of hydrogen-bond donors (Lipinski definition) is 1. The molecule has 0 radical (unpaired) electrons. The summed E-state index contributed by atoms with van der Waals surface area (Å²) < 4.78 is 6.74. The number of anilines is 1. The van der Waals surface area contributed by atoms with Crippen LogP contribution in [0, 0.1) is 13.8 Å². The van der Waals surface area contributed by atoms with Gasteiger partial charge >= 0.3 is 5.91 Å². The molecule has 0 spiro atoms. The summed E-state index contributed by atoms with van der Waals surface area (Å²) in [6, 6.07) is 5.22. The van der Waals surface area contributed by atoms with Gasteiger partial charge in [0.05, 0.1) is 17.2 Å². The van der Waals surface area contributed by atoms with Gasteiger partial charge in [-0.15, -0.1) is 0 Å². The van der Waals surface area contributed by atoms with Crippen LogP contribution in [-0.2, 0) is 0 Å². The molecule has 6 nitrogen and oxygen atoms in total. The Labute approximate surface area is 108 Å². The number of nitrogens with zero attached hydrogens (tertiary/aromatic N) is 3. The SMILES string of the molecule is Cc1cnc(C(=O)n2c(C)nc3cc(N)ccc32)o1. The van der Waals surface area contributed by atoms with Crippen LogP contribution in [0.15, 0.2) is 28.8 Å². The summed E-state index contributed by atoms with van der Waals surface area (Å²) in [4.78, 5) is 20.6. The van der Waals surface area contributed by atoms with E-state index in [-0.39, 0.29) is 11.8 Å². The highest BCUT2D eigenvalue weighted by atomic mass is 16.4. The predicted molar refractivity (Wildman–Crippen MR) is 69.9 cm³/mol. The van der Waals surface area contributed by atoms with Crippen molar-refractivity contribution in [3.8, 4) is 0 Å². The number of aryl methyl sites for hydroxylation is 2. The zero-order valence-corrected chi connectivity index (χ0v) is 10.5. The highest BCUT2D eigenvalue weighted by molar-refractivity contribution is 5.99. The van der Waals surface area contributed by atoms with Crippen LogP contribution in [0.5, 0.6) is 0 Å². The molecule has 2 aromatic heterocycles. The molecule has 0 aliphatic carbocycles. The van der Waals surface area contributed by atoms with Crippen LogP contribution < -0.4 is 5.73 Å². The Kier molecular flexibility index (Phi) is 2.38. The Balaban J connectivity index is 2.19. The minimum Gasteiger partial charge on any atom is -0.438 e. The Bertz CT molecular complexity index is 785. The summed E-state index contributed by atoms with van der Waals surface area (Å²) in [6.45, 7) is 3.49. The van der Waals surface area contributed by atoms with E-state index < -0.39 is 0 Å². The van der Waals surface area contributed by atoms with Gasteiger partial charge in [0.1, 0.15) is 11.6 Å². The fraction of sp³-hybridized carbons (Fsp3) is 0.154. The summed E-state index contributed by atoms with van der Waals surface area (Å²) in [5.74, 6) is 0.880. The normalized spacial score (nSPS) is 11.1. The van der Waals surface area contributed by atoms with Crippen molar-refractivity contribution in [1.82, 2.24) is 14.5 Å². The summed E-state index contributed by atoms with van der Waals surface area (Å²) >= 11 is 0.